The zero-order chi connectivity index (χ0) is 22.2. The van der Waals surface area contributed by atoms with E-state index in [2.05, 4.69) is 110 Å². The van der Waals surface area contributed by atoms with Crippen molar-refractivity contribution in [2.45, 2.75) is 12.8 Å². The van der Waals surface area contributed by atoms with Crippen molar-refractivity contribution in [1.82, 2.24) is 0 Å². The average molecular weight is 441 g/mol. The highest BCUT2D eigenvalue weighted by Crippen LogP contribution is 2.30. The van der Waals surface area contributed by atoms with Crippen LogP contribution in [0.5, 0.6) is 0 Å². The van der Waals surface area contributed by atoms with Gasteiger partial charge in [-0.1, -0.05) is 93.5 Å². The second-order valence-corrected chi connectivity index (χ2v) is 9.99. The van der Waals surface area contributed by atoms with E-state index < -0.39 is 0 Å². The largest absolute Gasteiger partial charge is 0.103 e. The van der Waals surface area contributed by atoms with E-state index in [9.17, 15) is 0 Å². The molecule has 0 aliphatic carbocycles. The van der Waals surface area contributed by atoms with Crippen LogP contribution in [0.25, 0.3) is 43.1 Å². The molecule has 0 saturated heterocycles. The predicted octanol–water partition coefficient (Wildman–Crippen LogP) is 8.05. The first-order valence-corrected chi connectivity index (χ1v) is 12.5. The van der Waals surface area contributed by atoms with E-state index in [0.29, 0.717) is 8.58 Å². The minimum atomic E-state index is 0.602. The summed E-state index contributed by atoms with van der Waals surface area (Å²) >= 11 is 0. The van der Waals surface area contributed by atoms with E-state index in [1.807, 2.05) is 6.08 Å². The lowest BCUT2D eigenvalue weighted by Crippen LogP contribution is -2.11. The number of hydrogen-bond acceptors (Lipinski definition) is 0. The highest BCUT2D eigenvalue weighted by molar-refractivity contribution is 7.56. The second kappa shape index (κ2) is 8.47. The fourth-order valence-electron chi connectivity index (χ4n) is 4.88. The Morgan fingerprint density at radius 1 is 0.576 bits per heavy atom. The van der Waals surface area contributed by atoms with Crippen LogP contribution in [0.3, 0.4) is 0 Å². The normalized spacial score (nSPS) is 11.9. The number of benzene rings is 6. The van der Waals surface area contributed by atoms with E-state index >= 15 is 0 Å². The molecule has 158 valence electrons. The molecule has 0 spiro atoms. The summed E-state index contributed by atoms with van der Waals surface area (Å²) in [6, 6.07) is 38.2. The van der Waals surface area contributed by atoms with Crippen molar-refractivity contribution in [3.05, 3.63) is 121 Å². The molecule has 0 aliphatic heterocycles. The Hall–Kier alpha value is -3.47. The van der Waals surface area contributed by atoms with Crippen LogP contribution >= 0.6 is 8.58 Å². The molecule has 1 heteroatoms. The van der Waals surface area contributed by atoms with Gasteiger partial charge in [0.25, 0.3) is 0 Å². The van der Waals surface area contributed by atoms with Gasteiger partial charge in [-0.3, -0.25) is 0 Å². The van der Waals surface area contributed by atoms with E-state index in [0.717, 1.165) is 12.8 Å². The first kappa shape index (κ1) is 20.2. The Bertz CT molecular complexity index is 1660. The molecule has 0 heterocycles. The van der Waals surface area contributed by atoms with Gasteiger partial charge in [-0.25, -0.2) is 0 Å². The lowest BCUT2D eigenvalue weighted by atomic mass is 10.00. The molecule has 0 bridgehead atoms. The van der Waals surface area contributed by atoms with E-state index in [-0.39, 0.29) is 0 Å². The topological polar surface area (TPSA) is 0 Å². The molecule has 6 aromatic rings. The number of allylic oxidation sites excluding steroid dienone is 1. The minimum Gasteiger partial charge on any atom is -0.103 e. The first-order chi connectivity index (χ1) is 16.3. The average Bonchev–Trinajstić information content (AvgIpc) is 2.86. The summed E-state index contributed by atoms with van der Waals surface area (Å²) in [5.41, 5.74) is 1.44. The van der Waals surface area contributed by atoms with Gasteiger partial charge < -0.3 is 0 Å². The summed E-state index contributed by atoms with van der Waals surface area (Å²) in [6.07, 6.45) is 4.06. The van der Waals surface area contributed by atoms with Gasteiger partial charge >= 0.3 is 0 Å². The van der Waals surface area contributed by atoms with Crippen LogP contribution in [-0.2, 0) is 6.42 Å². The van der Waals surface area contributed by atoms with E-state index in [1.165, 1.54) is 59.3 Å². The number of fused-ring (bicyclic) bond motifs is 4. The van der Waals surface area contributed by atoms with Gasteiger partial charge in [0.1, 0.15) is 0 Å². The Morgan fingerprint density at radius 3 is 1.82 bits per heavy atom. The fraction of sp³-hybridized carbons (Fsp3) is 0.0625. The molecule has 0 saturated carbocycles. The summed E-state index contributed by atoms with van der Waals surface area (Å²) in [4.78, 5) is 0. The third-order valence-corrected chi connectivity index (χ3v) is 8.14. The first-order valence-electron chi connectivity index (χ1n) is 11.5. The van der Waals surface area contributed by atoms with Crippen molar-refractivity contribution in [1.29, 1.82) is 0 Å². The van der Waals surface area contributed by atoms with Crippen molar-refractivity contribution in [2.75, 3.05) is 0 Å². The monoisotopic (exact) mass is 440 g/mol. The fourth-order valence-corrected chi connectivity index (χ4v) is 6.40. The van der Waals surface area contributed by atoms with Crippen molar-refractivity contribution in [2.24, 2.45) is 0 Å². The maximum absolute atomic E-state index is 3.96. The third kappa shape index (κ3) is 3.71. The molecule has 0 fully saturated rings. The van der Waals surface area contributed by atoms with Crippen molar-refractivity contribution in [3.8, 4) is 0 Å². The molecule has 0 amide bonds. The summed E-state index contributed by atoms with van der Waals surface area (Å²) in [5.74, 6) is 0. The SMILES string of the molecule is C=CCCc1ccc2cc3ccccc3cc2c1Pc1cccc2cc3ccccc3cc12. The van der Waals surface area contributed by atoms with Crippen molar-refractivity contribution in [3.63, 3.8) is 0 Å². The minimum absolute atomic E-state index is 0.602. The van der Waals surface area contributed by atoms with Gasteiger partial charge in [0.05, 0.1) is 0 Å². The Labute approximate surface area is 196 Å². The summed E-state index contributed by atoms with van der Waals surface area (Å²) < 4.78 is 0. The molecule has 0 aliphatic rings. The van der Waals surface area contributed by atoms with Crippen LogP contribution in [0.4, 0.5) is 0 Å². The third-order valence-electron chi connectivity index (χ3n) is 6.60. The molecule has 1 atom stereocenters. The molecular formula is C32H25P. The Morgan fingerprint density at radius 2 is 1.15 bits per heavy atom. The van der Waals surface area contributed by atoms with Crippen LogP contribution in [-0.4, -0.2) is 0 Å². The zero-order valence-electron chi connectivity index (χ0n) is 18.5. The molecule has 0 aromatic heterocycles. The summed E-state index contributed by atoms with van der Waals surface area (Å²) in [5, 5.41) is 13.5. The zero-order valence-corrected chi connectivity index (χ0v) is 19.5. The van der Waals surface area contributed by atoms with Crippen LogP contribution < -0.4 is 10.6 Å². The molecule has 1 unspecified atom stereocenters. The maximum atomic E-state index is 3.96. The van der Waals surface area contributed by atoms with Crippen molar-refractivity contribution >= 4 is 62.3 Å². The summed E-state index contributed by atoms with van der Waals surface area (Å²) in [6.45, 7) is 3.96. The highest BCUT2D eigenvalue weighted by Gasteiger charge is 2.12. The van der Waals surface area contributed by atoms with Crippen LogP contribution in [0, 0.1) is 0 Å². The van der Waals surface area contributed by atoms with Gasteiger partial charge in [0.2, 0.25) is 0 Å². The van der Waals surface area contributed by atoms with Gasteiger partial charge in [-0.15, -0.1) is 6.58 Å². The highest BCUT2D eigenvalue weighted by atomic mass is 31.1. The van der Waals surface area contributed by atoms with E-state index in [1.54, 1.807) is 0 Å². The molecule has 0 nitrogen and oxygen atoms in total. The second-order valence-electron chi connectivity index (χ2n) is 8.70. The van der Waals surface area contributed by atoms with Crippen molar-refractivity contribution < 1.29 is 0 Å². The Balaban J connectivity index is 1.58. The van der Waals surface area contributed by atoms with Crippen LogP contribution in [0.15, 0.2) is 116 Å². The molecule has 0 radical (unpaired) electrons. The van der Waals surface area contributed by atoms with Gasteiger partial charge in [-0.05, 0) is 96.4 Å². The molecular weight excluding hydrogens is 415 g/mol. The van der Waals surface area contributed by atoms with Gasteiger partial charge in [-0.2, -0.15) is 0 Å². The molecule has 33 heavy (non-hydrogen) atoms. The summed E-state index contributed by atoms with van der Waals surface area (Å²) in [7, 11) is 0.602. The van der Waals surface area contributed by atoms with E-state index in [4.69, 9.17) is 0 Å². The molecule has 6 aromatic carbocycles. The maximum Gasteiger partial charge on any atom is -0.00971 e. The van der Waals surface area contributed by atoms with Gasteiger partial charge in [0.15, 0.2) is 0 Å². The smallest absolute Gasteiger partial charge is 0.00971 e. The van der Waals surface area contributed by atoms with Crippen LogP contribution in [0.2, 0.25) is 0 Å². The number of hydrogen-bond donors (Lipinski definition) is 0. The Kier molecular flexibility index (Phi) is 5.17. The standard InChI is InChI=1S/C32H25P/c1-2-3-9-22-16-17-28-19-24-11-5-7-13-26(24)21-30(28)32(22)33-31-15-8-14-27-18-23-10-4-6-12-25(23)20-29(27)31/h2,4-8,10-21,33H,1,3,9H2. The molecule has 0 N–H and O–H groups in total. The van der Waals surface area contributed by atoms with Gasteiger partial charge in [0, 0.05) is 0 Å². The van der Waals surface area contributed by atoms with Crippen LogP contribution in [0.1, 0.15) is 12.0 Å². The number of rotatable bonds is 5. The quantitative estimate of drug-likeness (QED) is 0.145. The predicted molar refractivity (Wildman–Crippen MR) is 149 cm³/mol. The molecule has 6 rings (SSSR count). The number of aryl methyl sites for hydroxylation is 1. The lowest BCUT2D eigenvalue weighted by molar-refractivity contribution is 1.01. The lowest BCUT2D eigenvalue weighted by Gasteiger charge is -2.16.